The Morgan fingerprint density at radius 1 is 0.917 bits per heavy atom. The number of aryl methyl sites for hydroxylation is 1. The van der Waals surface area contributed by atoms with E-state index in [9.17, 15) is 18.4 Å². The number of carbonyl (C=O) groups is 2. The molecule has 0 aliphatic carbocycles. The van der Waals surface area contributed by atoms with Gasteiger partial charge in [0.1, 0.15) is 11.6 Å². The number of halogens is 2. The Kier molecular flexibility index (Phi) is 7.64. The van der Waals surface area contributed by atoms with E-state index in [0.29, 0.717) is 16.8 Å². The molecule has 3 aromatic rings. The molecule has 2 amide bonds. The summed E-state index contributed by atoms with van der Waals surface area (Å²) in [4.78, 5) is 30.1. The molecule has 0 radical (unpaired) electrons. The SMILES string of the molecule is Cc1ccc(C(=O)NC(C)c2cc(F)ccc2N2CCN(C)CC2)cc1NC(=O)c1ccccc1F. The number of hydrogen-bond donors (Lipinski definition) is 2. The lowest BCUT2D eigenvalue weighted by atomic mass is 10.0. The fourth-order valence-corrected chi connectivity index (χ4v) is 4.30. The summed E-state index contributed by atoms with van der Waals surface area (Å²) < 4.78 is 28.2. The fraction of sp³-hybridized carbons (Fsp3) is 0.286. The van der Waals surface area contributed by atoms with Crippen LogP contribution in [0, 0.1) is 18.6 Å². The Labute approximate surface area is 209 Å². The number of anilines is 2. The molecular weight excluding hydrogens is 462 g/mol. The highest BCUT2D eigenvalue weighted by atomic mass is 19.1. The number of nitrogens with one attached hydrogen (secondary N) is 2. The third kappa shape index (κ3) is 5.71. The smallest absolute Gasteiger partial charge is 0.258 e. The van der Waals surface area contributed by atoms with Crippen molar-refractivity contribution >= 4 is 23.2 Å². The van der Waals surface area contributed by atoms with Crippen LogP contribution in [0.3, 0.4) is 0 Å². The van der Waals surface area contributed by atoms with Gasteiger partial charge in [-0.25, -0.2) is 8.78 Å². The topological polar surface area (TPSA) is 64.7 Å². The van der Waals surface area contributed by atoms with E-state index in [4.69, 9.17) is 0 Å². The van der Waals surface area contributed by atoms with Crippen molar-refractivity contribution in [1.29, 1.82) is 0 Å². The quantitative estimate of drug-likeness (QED) is 0.521. The van der Waals surface area contributed by atoms with E-state index in [1.165, 1.54) is 30.3 Å². The van der Waals surface area contributed by atoms with Crippen molar-refractivity contribution in [1.82, 2.24) is 10.2 Å². The van der Waals surface area contributed by atoms with Gasteiger partial charge in [-0.05, 0) is 68.9 Å². The number of carbonyl (C=O) groups excluding carboxylic acids is 2. The second-order valence-corrected chi connectivity index (χ2v) is 9.15. The molecular formula is C28H30F2N4O2. The number of benzene rings is 3. The first-order valence-electron chi connectivity index (χ1n) is 11.9. The maximum absolute atomic E-state index is 14.2. The van der Waals surface area contributed by atoms with Crippen molar-refractivity contribution in [2.75, 3.05) is 43.4 Å². The largest absolute Gasteiger partial charge is 0.369 e. The van der Waals surface area contributed by atoms with Crippen molar-refractivity contribution < 1.29 is 18.4 Å². The predicted molar refractivity (Wildman–Crippen MR) is 138 cm³/mol. The van der Waals surface area contributed by atoms with E-state index in [1.807, 2.05) is 6.92 Å². The summed E-state index contributed by atoms with van der Waals surface area (Å²) in [5, 5.41) is 5.64. The maximum atomic E-state index is 14.2. The zero-order valence-corrected chi connectivity index (χ0v) is 20.6. The Morgan fingerprint density at radius 3 is 2.36 bits per heavy atom. The van der Waals surface area contributed by atoms with Crippen LogP contribution in [0.4, 0.5) is 20.2 Å². The first-order valence-corrected chi connectivity index (χ1v) is 11.9. The summed E-state index contributed by atoms with van der Waals surface area (Å²) >= 11 is 0. The molecule has 1 aliphatic rings. The molecule has 8 heteroatoms. The minimum atomic E-state index is -0.623. The van der Waals surface area contributed by atoms with Gasteiger partial charge >= 0.3 is 0 Å². The first-order chi connectivity index (χ1) is 17.2. The number of piperazine rings is 1. The molecule has 2 N–H and O–H groups in total. The summed E-state index contributed by atoms with van der Waals surface area (Å²) in [7, 11) is 2.07. The highest BCUT2D eigenvalue weighted by Crippen LogP contribution is 2.29. The summed E-state index contributed by atoms with van der Waals surface area (Å²) in [5.74, 6) is -1.95. The number of amides is 2. The predicted octanol–water partition coefficient (Wildman–Crippen LogP) is 4.77. The van der Waals surface area contributed by atoms with Gasteiger partial charge in [0, 0.05) is 48.7 Å². The molecule has 3 aromatic carbocycles. The molecule has 1 heterocycles. The van der Waals surface area contributed by atoms with Crippen molar-refractivity contribution in [3.05, 3.63) is 94.6 Å². The van der Waals surface area contributed by atoms with E-state index in [1.54, 1.807) is 37.3 Å². The third-order valence-corrected chi connectivity index (χ3v) is 6.51. The summed E-state index contributed by atoms with van der Waals surface area (Å²) in [5.41, 5.74) is 2.99. The monoisotopic (exact) mass is 492 g/mol. The number of hydrogen-bond acceptors (Lipinski definition) is 4. The molecule has 0 bridgehead atoms. The lowest BCUT2D eigenvalue weighted by molar-refractivity contribution is 0.0938. The summed E-state index contributed by atoms with van der Waals surface area (Å²) in [6.45, 7) is 7.06. The first kappa shape index (κ1) is 25.3. The molecule has 1 aliphatic heterocycles. The van der Waals surface area contributed by atoms with E-state index < -0.39 is 17.8 Å². The molecule has 36 heavy (non-hydrogen) atoms. The van der Waals surface area contributed by atoms with Crippen LogP contribution in [-0.2, 0) is 0 Å². The molecule has 1 saturated heterocycles. The van der Waals surface area contributed by atoms with Crippen LogP contribution in [-0.4, -0.2) is 49.9 Å². The van der Waals surface area contributed by atoms with Gasteiger partial charge in [0.2, 0.25) is 0 Å². The van der Waals surface area contributed by atoms with E-state index in [-0.39, 0.29) is 17.3 Å². The zero-order chi connectivity index (χ0) is 25.8. The van der Waals surface area contributed by atoms with Gasteiger partial charge < -0.3 is 20.4 Å². The Balaban J connectivity index is 1.51. The van der Waals surface area contributed by atoms with Gasteiger partial charge in [-0.2, -0.15) is 0 Å². The minimum absolute atomic E-state index is 0.0806. The number of likely N-dealkylation sites (N-methyl/N-ethyl adjacent to an activating group) is 1. The van der Waals surface area contributed by atoms with Crippen LogP contribution in [0.25, 0.3) is 0 Å². The standard InChI is InChI=1S/C28H30F2N4O2/c1-18-8-9-20(16-25(18)32-28(36)22-6-4-5-7-24(22)30)27(35)31-19(2)23-17-21(29)10-11-26(23)34-14-12-33(3)13-15-34/h4-11,16-17,19H,12-15H2,1-3H3,(H,31,35)(H,32,36). The molecule has 1 fully saturated rings. The molecule has 0 spiro atoms. The highest BCUT2D eigenvalue weighted by molar-refractivity contribution is 6.05. The van der Waals surface area contributed by atoms with E-state index in [2.05, 4.69) is 27.5 Å². The van der Waals surface area contributed by atoms with Crippen LogP contribution in [0.5, 0.6) is 0 Å². The molecule has 1 unspecified atom stereocenters. The van der Waals surface area contributed by atoms with Crippen LogP contribution < -0.4 is 15.5 Å². The molecule has 1 atom stereocenters. The van der Waals surface area contributed by atoms with Gasteiger partial charge in [-0.15, -0.1) is 0 Å². The van der Waals surface area contributed by atoms with Crippen LogP contribution in [0.2, 0.25) is 0 Å². The second kappa shape index (κ2) is 10.9. The van der Waals surface area contributed by atoms with Gasteiger partial charge in [0.15, 0.2) is 0 Å². The summed E-state index contributed by atoms with van der Waals surface area (Å²) in [6.07, 6.45) is 0. The van der Waals surface area contributed by atoms with Crippen molar-refractivity contribution in [2.24, 2.45) is 0 Å². The van der Waals surface area contributed by atoms with Crippen molar-refractivity contribution in [3.8, 4) is 0 Å². The molecule has 0 saturated carbocycles. The Morgan fingerprint density at radius 2 is 1.64 bits per heavy atom. The minimum Gasteiger partial charge on any atom is -0.369 e. The molecule has 188 valence electrons. The van der Waals surface area contributed by atoms with Crippen LogP contribution in [0.1, 0.15) is 44.8 Å². The van der Waals surface area contributed by atoms with Crippen molar-refractivity contribution in [3.63, 3.8) is 0 Å². The van der Waals surface area contributed by atoms with Gasteiger partial charge in [-0.1, -0.05) is 18.2 Å². The van der Waals surface area contributed by atoms with Gasteiger partial charge in [-0.3, -0.25) is 9.59 Å². The number of rotatable bonds is 6. The Hall–Kier alpha value is -3.78. The maximum Gasteiger partial charge on any atom is 0.258 e. The van der Waals surface area contributed by atoms with E-state index >= 15 is 0 Å². The highest BCUT2D eigenvalue weighted by Gasteiger charge is 2.22. The van der Waals surface area contributed by atoms with Crippen LogP contribution in [0.15, 0.2) is 60.7 Å². The molecule has 6 nitrogen and oxygen atoms in total. The average Bonchev–Trinajstić information content (AvgIpc) is 2.86. The molecule has 4 rings (SSSR count). The van der Waals surface area contributed by atoms with Crippen molar-refractivity contribution in [2.45, 2.75) is 19.9 Å². The normalized spacial score (nSPS) is 14.9. The summed E-state index contributed by atoms with van der Waals surface area (Å²) in [6, 6.07) is 14.9. The van der Waals surface area contributed by atoms with Gasteiger partial charge in [0.25, 0.3) is 11.8 Å². The van der Waals surface area contributed by atoms with E-state index in [0.717, 1.165) is 37.4 Å². The number of nitrogens with zero attached hydrogens (tertiary/aromatic N) is 2. The average molecular weight is 493 g/mol. The fourth-order valence-electron chi connectivity index (χ4n) is 4.30. The lowest BCUT2D eigenvalue weighted by Crippen LogP contribution is -2.45. The zero-order valence-electron chi connectivity index (χ0n) is 20.6. The van der Waals surface area contributed by atoms with Gasteiger partial charge in [0.05, 0.1) is 11.6 Å². The molecule has 0 aromatic heterocycles. The van der Waals surface area contributed by atoms with Crippen LogP contribution >= 0.6 is 0 Å². The lowest BCUT2D eigenvalue weighted by Gasteiger charge is -2.36. The third-order valence-electron chi connectivity index (χ3n) is 6.51. The second-order valence-electron chi connectivity index (χ2n) is 9.15. The Bertz CT molecular complexity index is 1270.